The van der Waals surface area contributed by atoms with Crippen molar-refractivity contribution in [2.45, 2.75) is 38.7 Å². The van der Waals surface area contributed by atoms with E-state index in [9.17, 15) is 9.59 Å². The highest BCUT2D eigenvalue weighted by molar-refractivity contribution is 5.89. The molecule has 0 atom stereocenters. The van der Waals surface area contributed by atoms with Crippen molar-refractivity contribution in [1.29, 1.82) is 0 Å². The second-order valence-corrected chi connectivity index (χ2v) is 4.69. The molecule has 1 fully saturated rings. The lowest BCUT2D eigenvalue weighted by molar-refractivity contribution is -0.163. The molecule has 1 heterocycles. The Hall–Kier alpha value is -1.84. The van der Waals surface area contributed by atoms with Crippen LogP contribution in [0.5, 0.6) is 5.75 Å². The molecule has 1 aliphatic rings. The third kappa shape index (κ3) is 3.09. The van der Waals surface area contributed by atoms with Gasteiger partial charge in [0.05, 0.1) is 18.9 Å². The first kappa shape index (κ1) is 12.6. The molecular formula is C14H16O4. The number of benzene rings is 1. The van der Waals surface area contributed by atoms with Gasteiger partial charge in [-0.3, -0.25) is 9.59 Å². The van der Waals surface area contributed by atoms with Crippen LogP contribution >= 0.6 is 0 Å². The number of carbonyl (C=O) groups excluding carboxylic acids is 2. The van der Waals surface area contributed by atoms with E-state index in [2.05, 4.69) is 4.74 Å². The van der Waals surface area contributed by atoms with Crippen molar-refractivity contribution in [2.75, 3.05) is 0 Å². The van der Waals surface area contributed by atoms with Crippen molar-refractivity contribution in [3.8, 4) is 5.75 Å². The Morgan fingerprint density at radius 2 is 1.67 bits per heavy atom. The first-order chi connectivity index (χ1) is 8.54. The summed E-state index contributed by atoms with van der Waals surface area (Å²) in [4.78, 5) is 22.4. The third-order valence-electron chi connectivity index (χ3n) is 2.78. The van der Waals surface area contributed by atoms with Crippen LogP contribution in [0.15, 0.2) is 24.3 Å². The summed E-state index contributed by atoms with van der Waals surface area (Å²) < 4.78 is 10.1. The van der Waals surface area contributed by atoms with E-state index in [4.69, 9.17) is 4.74 Å². The molecule has 2 rings (SSSR count). The fourth-order valence-electron chi connectivity index (χ4n) is 2.01. The van der Waals surface area contributed by atoms with E-state index in [0.29, 0.717) is 0 Å². The molecule has 0 unspecified atom stereocenters. The molecule has 0 spiro atoms. The van der Waals surface area contributed by atoms with Crippen LogP contribution in [0.4, 0.5) is 0 Å². The van der Waals surface area contributed by atoms with Crippen LogP contribution in [0.3, 0.4) is 0 Å². The van der Waals surface area contributed by atoms with Gasteiger partial charge >= 0.3 is 11.9 Å². The molecular weight excluding hydrogens is 232 g/mol. The van der Waals surface area contributed by atoms with Gasteiger partial charge in [-0.05, 0) is 31.5 Å². The first-order valence-electron chi connectivity index (χ1n) is 6.04. The van der Waals surface area contributed by atoms with E-state index in [1.54, 1.807) is 0 Å². The predicted octanol–water partition coefficient (Wildman–Crippen LogP) is 2.42. The van der Waals surface area contributed by atoms with Crippen LogP contribution in [0.25, 0.3) is 0 Å². The number of rotatable bonds is 3. The van der Waals surface area contributed by atoms with Crippen LogP contribution in [-0.2, 0) is 14.3 Å². The van der Waals surface area contributed by atoms with Crippen LogP contribution < -0.4 is 4.74 Å². The lowest BCUT2D eigenvalue weighted by Gasteiger charge is -2.20. The molecule has 0 aliphatic carbocycles. The van der Waals surface area contributed by atoms with Crippen molar-refractivity contribution >= 4 is 11.9 Å². The van der Waals surface area contributed by atoms with Gasteiger partial charge in [0.2, 0.25) is 0 Å². The molecule has 18 heavy (non-hydrogen) atoms. The van der Waals surface area contributed by atoms with E-state index in [0.717, 1.165) is 11.3 Å². The monoisotopic (exact) mass is 248 g/mol. The molecule has 96 valence electrons. The summed E-state index contributed by atoms with van der Waals surface area (Å²) in [7, 11) is 0. The van der Waals surface area contributed by atoms with Gasteiger partial charge in [-0.15, -0.1) is 0 Å². The zero-order valence-electron chi connectivity index (χ0n) is 10.5. The van der Waals surface area contributed by atoms with Gasteiger partial charge in [0.15, 0.2) is 0 Å². The molecule has 0 bridgehead atoms. The number of esters is 2. The smallest absolute Gasteiger partial charge is 0.314 e. The molecule has 0 N–H and O–H groups in total. The summed E-state index contributed by atoms with van der Waals surface area (Å²) in [5, 5.41) is 0. The summed E-state index contributed by atoms with van der Waals surface area (Å²) in [6.45, 7) is 3.92. The van der Waals surface area contributed by atoms with Gasteiger partial charge in [-0.1, -0.05) is 12.1 Å². The third-order valence-corrected chi connectivity index (χ3v) is 2.78. The van der Waals surface area contributed by atoms with Crippen LogP contribution in [0.1, 0.15) is 38.2 Å². The zero-order chi connectivity index (χ0) is 13.1. The number of hydrogen-bond donors (Lipinski definition) is 0. The number of hydrogen-bond acceptors (Lipinski definition) is 4. The van der Waals surface area contributed by atoms with Gasteiger partial charge in [-0.25, -0.2) is 0 Å². The number of cyclic esters (lactones) is 2. The molecule has 0 radical (unpaired) electrons. The maximum atomic E-state index is 11.2. The second kappa shape index (κ2) is 5.21. The fraction of sp³-hybridized carbons (Fsp3) is 0.429. The molecule has 0 amide bonds. The molecule has 1 aromatic rings. The van der Waals surface area contributed by atoms with E-state index in [-0.39, 0.29) is 24.9 Å². The molecule has 1 aromatic carbocycles. The Balaban J connectivity index is 2.09. The van der Waals surface area contributed by atoms with Crippen molar-refractivity contribution in [3.05, 3.63) is 29.8 Å². The Labute approximate surface area is 106 Å². The maximum Gasteiger partial charge on any atom is 0.314 e. The molecule has 1 aliphatic heterocycles. The summed E-state index contributed by atoms with van der Waals surface area (Å²) in [5.74, 6) is -0.178. The SMILES string of the molecule is CC(C)Oc1ccc(C2CC(=O)OC(=O)C2)cc1. The Kier molecular flexibility index (Phi) is 3.65. The predicted molar refractivity (Wildman–Crippen MR) is 65.3 cm³/mol. The summed E-state index contributed by atoms with van der Waals surface area (Å²) >= 11 is 0. The van der Waals surface area contributed by atoms with Crippen molar-refractivity contribution in [1.82, 2.24) is 0 Å². The summed E-state index contributed by atoms with van der Waals surface area (Å²) in [6.07, 6.45) is 0.647. The van der Waals surface area contributed by atoms with E-state index >= 15 is 0 Å². The minimum absolute atomic E-state index is 0.0770. The van der Waals surface area contributed by atoms with Gasteiger partial charge in [0, 0.05) is 5.92 Å². The highest BCUT2D eigenvalue weighted by Crippen LogP contribution is 2.29. The van der Waals surface area contributed by atoms with Crippen LogP contribution in [-0.4, -0.2) is 18.0 Å². The molecule has 4 nitrogen and oxygen atoms in total. The summed E-state index contributed by atoms with van der Waals surface area (Å²) in [5.41, 5.74) is 0.969. The van der Waals surface area contributed by atoms with Crippen molar-refractivity contribution in [3.63, 3.8) is 0 Å². The number of ether oxygens (including phenoxy) is 2. The zero-order valence-corrected chi connectivity index (χ0v) is 10.5. The lowest BCUT2D eigenvalue weighted by Crippen LogP contribution is -2.24. The van der Waals surface area contributed by atoms with Gasteiger partial charge in [0.25, 0.3) is 0 Å². The minimum Gasteiger partial charge on any atom is -0.491 e. The highest BCUT2D eigenvalue weighted by atomic mass is 16.6. The average molecular weight is 248 g/mol. The normalized spacial score (nSPS) is 16.8. The van der Waals surface area contributed by atoms with Gasteiger partial charge in [-0.2, -0.15) is 0 Å². The van der Waals surface area contributed by atoms with Crippen molar-refractivity contribution < 1.29 is 19.1 Å². The Morgan fingerprint density at radius 3 is 2.17 bits per heavy atom. The molecule has 4 heteroatoms. The average Bonchev–Trinajstić information content (AvgIpc) is 2.27. The highest BCUT2D eigenvalue weighted by Gasteiger charge is 2.28. The molecule has 1 saturated heterocycles. The van der Waals surface area contributed by atoms with Crippen LogP contribution in [0.2, 0.25) is 0 Å². The van der Waals surface area contributed by atoms with Crippen molar-refractivity contribution in [2.24, 2.45) is 0 Å². The van der Waals surface area contributed by atoms with Gasteiger partial charge < -0.3 is 9.47 Å². The number of carbonyl (C=O) groups is 2. The van der Waals surface area contributed by atoms with E-state index in [1.165, 1.54) is 0 Å². The fourth-order valence-corrected chi connectivity index (χ4v) is 2.01. The quantitative estimate of drug-likeness (QED) is 0.609. The summed E-state index contributed by atoms with van der Waals surface area (Å²) in [6, 6.07) is 7.52. The van der Waals surface area contributed by atoms with E-state index in [1.807, 2.05) is 38.1 Å². The van der Waals surface area contributed by atoms with Gasteiger partial charge in [0.1, 0.15) is 5.75 Å². The topological polar surface area (TPSA) is 52.6 Å². The lowest BCUT2D eigenvalue weighted by atomic mass is 9.91. The minimum atomic E-state index is -0.446. The largest absolute Gasteiger partial charge is 0.491 e. The second-order valence-electron chi connectivity index (χ2n) is 4.69. The van der Waals surface area contributed by atoms with E-state index < -0.39 is 11.9 Å². The molecule has 0 aromatic heterocycles. The Morgan fingerprint density at radius 1 is 1.11 bits per heavy atom. The molecule has 0 saturated carbocycles. The standard InChI is InChI=1S/C14H16O4/c1-9(2)17-12-5-3-10(4-6-12)11-7-13(15)18-14(16)8-11/h3-6,9,11H,7-8H2,1-2H3. The first-order valence-corrected chi connectivity index (χ1v) is 6.04. The maximum absolute atomic E-state index is 11.2. The Bertz CT molecular complexity index is 431. The van der Waals surface area contributed by atoms with Crippen LogP contribution in [0, 0.1) is 0 Å².